The molecule has 50 heavy (non-hydrogen) atoms. The quantitative estimate of drug-likeness (QED) is 0.107. The first-order chi connectivity index (χ1) is 23.5. The molecule has 274 valence electrons. The van der Waals surface area contributed by atoms with Gasteiger partial charge in [0.1, 0.15) is 17.7 Å². The highest BCUT2D eigenvalue weighted by Crippen LogP contribution is 2.19. The smallest absolute Gasteiger partial charge is 0.338 e. The largest absolute Gasteiger partial charge is 0.459 e. The molecule has 8 heteroatoms. The molecule has 3 aromatic carbocycles. The zero-order chi connectivity index (χ0) is 36.9. The van der Waals surface area contributed by atoms with Gasteiger partial charge in [-0.15, -0.1) is 0 Å². The molecule has 0 aliphatic rings. The number of carbonyl (C=O) groups is 3. The molecule has 0 aliphatic heterocycles. The molecule has 0 heterocycles. The van der Waals surface area contributed by atoms with Gasteiger partial charge in [0.25, 0.3) is 5.91 Å². The molecule has 0 saturated carbocycles. The number of benzene rings is 3. The van der Waals surface area contributed by atoms with Crippen LogP contribution in [0.2, 0.25) is 0 Å². The number of esters is 2. The van der Waals surface area contributed by atoms with E-state index in [0.717, 1.165) is 38.5 Å². The van der Waals surface area contributed by atoms with E-state index in [1.807, 2.05) is 12.1 Å². The number of ether oxygens (including phenoxy) is 3. The molecule has 1 N–H and O–H groups in total. The van der Waals surface area contributed by atoms with Crippen LogP contribution in [-0.2, 0) is 41.4 Å². The highest BCUT2D eigenvalue weighted by molar-refractivity contribution is 5.90. The predicted molar refractivity (Wildman–Crippen MR) is 199 cm³/mol. The summed E-state index contributed by atoms with van der Waals surface area (Å²) >= 11 is 0. The Morgan fingerprint density at radius 1 is 0.700 bits per heavy atom. The van der Waals surface area contributed by atoms with Crippen LogP contribution in [0, 0.1) is 13.8 Å². The summed E-state index contributed by atoms with van der Waals surface area (Å²) in [7, 11) is 0. The Hall–Kier alpha value is -3.75. The summed E-state index contributed by atoms with van der Waals surface area (Å²) in [5, 5.41) is 13.5. The summed E-state index contributed by atoms with van der Waals surface area (Å²) in [4.78, 5) is 41.3. The van der Waals surface area contributed by atoms with Crippen LogP contribution in [0.5, 0.6) is 0 Å². The van der Waals surface area contributed by atoms with E-state index in [2.05, 4.69) is 62.4 Å². The highest BCUT2D eigenvalue weighted by atomic mass is 16.6. The van der Waals surface area contributed by atoms with Crippen LogP contribution in [0.3, 0.4) is 0 Å². The summed E-state index contributed by atoms with van der Waals surface area (Å²) in [5.74, 6) is -2.16. The van der Waals surface area contributed by atoms with Gasteiger partial charge in [-0.3, -0.25) is 9.59 Å². The van der Waals surface area contributed by atoms with Gasteiger partial charge in [-0.1, -0.05) is 73.5 Å². The zero-order valence-corrected chi connectivity index (χ0v) is 31.6. The molecular formula is C42H59NO7. The van der Waals surface area contributed by atoms with E-state index in [4.69, 9.17) is 14.2 Å². The monoisotopic (exact) mass is 689 g/mol. The van der Waals surface area contributed by atoms with Gasteiger partial charge in [-0.05, 0) is 127 Å². The standard InChI is InChI=1S/C42H59NO7/c1-30-21-22-32(27-31(30)2)17-12-10-16-26-48-38(37(45)40(47)50-42(6,7)8)39(46)43(29-36(44)49-41(3,4)5)25-15-9-11-18-33-23-24-34-19-13-14-20-35(34)28-33/h13-14,19-24,27-28,37-38,45H,9-12,15-18,25-26,29H2,1-8H3/t37-,38-/m1/s1. The second kappa shape index (κ2) is 19.0. The molecule has 0 fully saturated rings. The lowest BCUT2D eigenvalue weighted by Crippen LogP contribution is -2.52. The highest BCUT2D eigenvalue weighted by Gasteiger charge is 2.39. The van der Waals surface area contributed by atoms with Crippen LogP contribution in [0.25, 0.3) is 10.8 Å². The van der Waals surface area contributed by atoms with Crippen LogP contribution in [0.15, 0.2) is 60.7 Å². The first kappa shape index (κ1) is 40.7. The molecule has 3 rings (SSSR count). The van der Waals surface area contributed by atoms with Crippen molar-refractivity contribution in [1.82, 2.24) is 4.90 Å². The summed E-state index contributed by atoms with van der Waals surface area (Å²) in [5.41, 5.74) is 3.44. The third-order valence-electron chi connectivity index (χ3n) is 8.42. The van der Waals surface area contributed by atoms with Crippen molar-refractivity contribution in [2.75, 3.05) is 19.7 Å². The van der Waals surface area contributed by atoms with E-state index in [1.54, 1.807) is 41.5 Å². The first-order valence-electron chi connectivity index (χ1n) is 18.1. The number of nitrogens with zero attached hydrogens (tertiary/aromatic N) is 1. The zero-order valence-electron chi connectivity index (χ0n) is 31.6. The number of fused-ring (bicyclic) bond motifs is 1. The Kier molecular flexibility index (Phi) is 15.5. The minimum atomic E-state index is -1.86. The minimum Gasteiger partial charge on any atom is -0.459 e. The lowest BCUT2D eigenvalue weighted by molar-refractivity contribution is -0.180. The molecule has 0 bridgehead atoms. The number of hydrogen-bond donors (Lipinski definition) is 1. The summed E-state index contributed by atoms with van der Waals surface area (Å²) in [6, 6.07) is 21.2. The van der Waals surface area contributed by atoms with Gasteiger partial charge < -0.3 is 24.2 Å². The topological polar surface area (TPSA) is 102 Å². The van der Waals surface area contributed by atoms with Gasteiger partial charge in [0.2, 0.25) is 0 Å². The molecule has 0 spiro atoms. The Labute approximate surface area is 299 Å². The predicted octanol–water partition coefficient (Wildman–Crippen LogP) is 7.84. The number of aliphatic hydroxyl groups is 1. The third kappa shape index (κ3) is 14.2. The van der Waals surface area contributed by atoms with Crippen LogP contribution in [-0.4, -0.2) is 71.0 Å². The normalized spacial score (nSPS) is 13.1. The average Bonchev–Trinajstić information content (AvgIpc) is 3.03. The van der Waals surface area contributed by atoms with Gasteiger partial charge in [0.15, 0.2) is 12.2 Å². The summed E-state index contributed by atoms with van der Waals surface area (Å²) in [6.07, 6.45) is 3.17. The fourth-order valence-electron chi connectivity index (χ4n) is 5.74. The number of hydrogen-bond acceptors (Lipinski definition) is 7. The average molecular weight is 690 g/mol. The Bertz CT molecular complexity index is 1550. The SMILES string of the molecule is Cc1ccc(CCCCCO[C@@H](C(=O)N(CCCCCc2ccc3ccccc3c2)CC(=O)OC(C)(C)C)[C@@H](O)C(=O)OC(C)(C)C)cc1C. The van der Waals surface area contributed by atoms with E-state index in [0.29, 0.717) is 12.8 Å². The first-order valence-corrected chi connectivity index (χ1v) is 18.1. The molecule has 2 atom stereocenters. The van der Waals surface area contributed by atoms with Gasteiger partial charge in [0, 0.05) is 13.2 Å². The maximum Gasteiger partial charge on any atom is 0.338 e. The van der Waals surface area contributed by atoms with Crippen molar-refractivity contribution >= 4 is 28.6 Å². The number of aryl methyl sites for hydroxylation is 4. The molecule has 0 saturated heterocycles. The van der Waals surface area contributed by atoms with Gasteiger partial charge in [-0.2, -0.15) is 0 Å². The minimum absolute atomic E-state index is 0.162. The molecule has 0 aliphatic carbocycles. The second-order valence-corrected chi connectivity index (χ2v) is 15.3. The van der Waals surface area contributed by atoms with Crippen LogP contribution >= 0.6 is 0 Å². The number of unbranched alkanes of at least 4 members (excludes halogenated alkanes) is 4. The molecule has 0 unspecified atom stereocenters. The van der Waals surface area contributed by atoms with Gasteiger partial charge >= 0.3 is 11.9 Å². The Morgan fingerprint density at radius 3 is 1.94 bits per heavy atom. The number of amides is 1. The lowest BCUT2D eigenvalue weighted by atomic mass is 10.0. The van der Waals surface area contributed by atoms with Gasteiger partial charge in [-0.25, -0.2) is 4.79 Å². The fourth-order valence-corrected chi connectivity index (χ4v) is 5.74. The molecule has 0 aromatic heterocycles. The number of aliphatic hydroxyl groups excluding tert-OH is 1. The fraction of sp³-hybridized carbons (Fsp3) is 0.548. The van der Waals surface area contributed by atoms with Crippen molar-refractivity contribution in [3.63, 3.8) is 0 Å². The van der Waals surface area contributed by atoms with Gasteiger partial charge in [0.05, 0.1) is 0 Å². The number of rotatable bonds is 18. The summed E-state index contributed by atoms with van der Waals surface area (Å²) < 4.78 is 16.9. The van der Waals surface area contributed by atoms with Crippen LogP contribution in [0.1, 0.15) is 102 Å². The molecule has 3 aromatic rings. The van der Waals surface area contributed by atoms with E-state index in [1.165, 1.54) is 37.9 Å². The van der Waals surface area contributed by atoms with E-state index < -0.39 is 41.3 Å². The van der Waals surface area contributed by atoms with E-state index in [-0.39, 0.29) is 19.7 Å². The van der Waals surface area contributed by atoms with Crippen molar-refractivity contribution in [3.8, 4) is 0 Å². The lowest BCUT2D eigenvalue weighted by Gasteiger charge is -2.31. The van der Waals surface area contributed by atoms with Crippen LogP contribution < -0.4 is 0 Å². The summed E-state index contributed by atoms with van der Waals surface area (Å²) in [6.45, 7) is 14.7. The maximum atomic E-state index is 14.1. The van der Waals surface area contributed by atoms with Crippen molar-refractivity contribution in [2.24, 2.45) is 0 Å². The third-order valence-corrected chi connectivity index (χ3v) is 8.42. The molecule has 8 nitrogen and oxygen atoms in total. The number of carbonyl (C=O) groups excluding carboxylic acids is 3. The van der Waals surface area contributed by atoms with E-state index >= 15 is 0 Å². The van der Waals surface area contributed by atoms with Crippen molar-refractivity contribution in [3.05, 3.63) is 82.9 Å². The van der Waals surface area contributed by atoms with Crippen molar-refractivity contribution < 1.29 is 33.7 Å². The van der Waals surface area contributed by atoms with Crippen LogP contribution in [0.4, 0.5) is 0 Å². The van der Waals surface area contributed by atoms with Crippen molar-refractivity contribution in [1.29, 1.82) is 0 Å². The molecular weight excluding hydrogens is 630 g/mol. The second-order valence-electron chi connectivity index (χ2n) is 15.3. The van der Waals surface area contributed by atoms with E-state index in [9.17, 15) is 19.5 Å². The van der Waals surface area contributed by atoms with Crippen molar-refractivity contribution in [2.45, 2.75) is 130 Å². The Balaban J connectivity index is 1.66. The Morgan fingerprint density at radius 2 is 1.30 bits per heavy atom. The maximum absolute atomic E-state index is 14.1. The molecule has 0 radical (unpaired) electrons. The molecule has 1 amide bonds.